The van der Waals surface area contributed by atoms with Gasteiger partial charge in [0.1, 0.15) is 6.33 Å². The van der Waals surface area contributed by atoms with E-state index < -0.39 is 5.97 Å². The topological polar surface area (TPSA) is 110 Å². The van der Waals surface area contributed by atoms with Crippen LogP contribution in [0.1, 0.15) is 24.0 Å². The quantitative estimate of drug-likeness (QED) is 0.587. The fourth-order valence-corrected chi connectivity index (χ4v) is 2.93. The summed E-state index contributed by atoms with van der Waals surface area (Å²) in [6, 6.07) is 16.9. The molecule has 144 valence electrons. The van der Waals surface area contributed by atoms with Crippen molar-refractivity contribution in [3.8, 4) is 5.69 Å². The number of aromatic nitrogens is 4. The lowest BCUT2D eigenvalue weighted by Crippen LogP contribution is -2.37. The van der Waals surface area contributed by atoms with Gasteiger partial charge in [0.15, 0.2) is 0 Å². The van der Waals surface area contributed by atoms with Crippen LogP contribution in [0.2, 0.25) is 0 Å². The largest absolute Gasteiger partial charge is 0.481 e. The van der Waals surface area contributed by atoms with Crippen molar-refractivity contribution in [2.24, 2.45) is 0 Å². The number of nitrogens with one attached hydrogen (secondary N) is 1. The number of carboxylic acids is 1. The van der Waals surface area contributed by atoms with Crippen LogP contribution in [0.3, 0.4) is 0 Å². The number of amides is 1. The average Bonchev–Trinajstić information content (AvgIpc) is 3.22. The number of benzene rings is 2. The minimum absolute atomic E-state index is 0.0123. The molecule has 3 rings (SSSR count). The molecule has 0 bridgehead atoms. The Morgan fingerprint density at radius 3 is 2.43 bits per heavy atom. The summed E-state index contributed by atoms with van der Waals surface area (Å²) in [5.74, 6) is -1.01. The van der Waals surface area contributed by atoms with Crippen LogP contribution in [0, 0.1) is 0 Å². The number of carboxylic acid groups (broad SMARTS) is 1. The zero-order valence-corrected chi connectivity index (χ0v) is 15.2. The van der Waals surface area contributed by atoms with E-state index in [4.69, 9.17) is 5.11 Å². The standard InChI is InChI=1S/C20H21N5O3/c26-19(13-16-6-9-18(10-7-16)25-14-21-23-24-25)22-17(8-11-20(27)28)12-15-4-2-1-3-5-15/h1-7,9-10,14,17H,8,11-13H2,(H,22,26)(H,27,28). The molecule has 0 fully saturated rings. The summed E-state index contributed by atoms with van der Waals surface area (Å²) in [7, 11) is 0. The maximum Gasteiger partial charge on any atom is 0.303 e. The number of carbonyl (C=O) groups is 2. The number of nitrogens with zero attached hydrogens (tertiary/aromatic N) is 4. The Morgan fingerprint density at radius 1 is 1.04 bits per heavy atom. The summed E-state index contributed by atoms with van der Waals surface area (Å²) in [6.07, 6.45) is 2.71. The first-order valence-corrected chi connectivity index (χ1v) is 8.97. The molecule has 8 heteroatoms. The molecule has 1 atom stereocenters. The van der Waals surface area contributed by atoms with Crippen molar-refractivity contribution in [1.82, 2.24) is 25.5 Å². The molecule has 1 amide bonds. The van der Waals surface area contributed by atoms with Crippen molar-refractivity contribution in [1.29, 1.82) is 0 Å². The van der Waals surface area contributed by atoms with Gasteiger partial charge in [-0.25, -0.2) is 4.68 Å². The molecule has 1 heterocycles. The first-order valence-electron chi connectivity index (χ1n) is 8.97. The van der Waals surface area contributed by atoms with E-state index >= 15 is 0 Å². The van der Waals surface area contributed by atoms with Gasteiger partial charge in [-0.3, -0.25) is 9.59 Å². The second kappa shape index (κ2) is 9.40. The van der Waals surface area contributed by atoms with Crippen LogP contribution < -0.4 is 5.32 Å². The van der Waals surface area contributed by atoms with E-state index in [2.05, 4.69) is 20.8 Å². The molecule has 1 unspecified atom stereocenters. The van der Waals surface area contributed by atoms with E-state index in [1.807, 2.05) is 54.6 Å². The molecular formula is C20H21N5O3. The summed E-state index contributed by atoms with van der Waals surface area (Å²) in [5.41, 5.74) is 2.72. The molecule has 2 aromatic carbocycles. The van der Waals surface area contributed by atoms with E-state index in [-0.39, 0.29) is 24.8 Å². The maximum absolute atomic E-state index is 12.5. The fraction of sp³-hybridized carbons (Fsp3) is 0.250. The average molecular weight is 379 g/mol. The Kier molecular flexibility index (Phi) is 6.46. The van der Waals surface area contributed by atoms with Gasteiger partial charge in [0.05, 0.1) is 12.1 Å². The monoisotopic (exact) mass is 379 g/mol. The first kappa shape index (κ1) is 19.2. The van der Waals surface area contributed by atoms with E-state index in [1.54, 1.807) is 0 Å². The summed E-state index contributed by atoms with van der Waals surface area (Å²) in [4.78, 5) is 23.4. The molecule has 0 aliphatic heterocycles. The highest BCUT2D eigenvalue weighted by Crippen LogP contribution is 2.11. The minimum atomic E-state index is -0.870. The third-order valence-corrected chi connectivity index (χ3v) is 4.31. The van der Waals surface area contributed by atoms with Crippen molar-refractivity contribution in [2.45, 2.75) is 31.7 Å². The normalized spacial score (nSPS) is 11.7. The predicted molar refractivity (Wildman–Crippen MR) is 102 cm³/mol. The molecule has 0 spiro atoms. The van der Waals surface area contributed by atoms with E-state index in [9.17, 15) is 9.59 Å². The molecule has 8 nitrogen and oxygen atoms in total. The van der Waals surface area contributed by atoms with Gasteiger partial charge in [-0.2, -0.15) is 0 Å². The second-order valence-electron chi connectivity index (χ2n) is 6.48. The Balaban J connectivity index is 1.59. The van der Waals surface area contributed by atoms with Gasteiger partial charge in [0, 0.05) is 12.5 Å². The third kappa shape index (κ3) is 5.73. The molecule has 3 aromatic rings. The number of aliphatic carboxylic acids is 1. The van der Waals surface area contributed by atoms with Crippen LogP contribution >= 0.6 is 0 Å². The molecule has 0 saturated carbocycles. The van der Waals surface area contributed by atoms with E-state index in [0.29, 0.717) is 12.8 Å². The zero-order chi connectivity index (χ0) is 19.8. The van der Waals surface area contributed by atoms with Gasteiger partial charge in [-0.15, -0.1) is 5.10 Å². The summed E-state index contributed by atoms with van der Waals surface area (Å²) in [6.45, 7) is 0. The maximum atomic E-state index is 12.5. The molecule has 1 aromatic heterocycles. The molecular weight excluding hydrogens is 358 g/mol. The molecule has 0 radical (unpaired) electrons. The number of tetrazole rings is 1. The number of hydrogen-bond acceptors (Lipinski definition) is 5. The third-order valence-electron chi connectivity index (χ3n) is 4.31. The number of hydrogen-bond donors (Lipinski definition) is 2. The highest BCUT2D eigenvalue weighted by molar-refractivity contribution is 5.79. The zero-order valence-electron chi connectivity index (χ0n) is 15.2. The Hall–Kier alpha value is -3.55. The van der Waals surface area contributed by atoms with Crippen LogP contribution in [0.4, 0.5) is 0 Å². The van der Waals surface area contributed by atoms with Gasteiger partial charge in [-0.05, 0) is 46.5 Å². The fourth-order valence-electron chi connectivity index (χ4n) is 2.93. The lowest BCUT2D eigenvalue weighted by atomic mass is 10.0. The van der Waals surface area contributed by atoms with Gasteiger partial charge >= 0.3 is 5.97 Å². The second-order valence-corrected chi connectivity index (χ2v) is 6.48. The summed E-state index contributed by atoms with van der Waals surface area (Å²) >= 11 is 0. The number of carbonyl (C=O) groups excluding carboxylic acids is 1. The molecule has 0 saturated heterocycles. The minimum Gasteiger partial charge on any atom is -0.481 e. The summed E-state index contributed by atoms with van der Waals surface area (Å²) in [5, 5.41) is 22.9. The lowest BCUT2D eigenvalue weighted by Gasteiger charge is -2.18. The van der Waals surface area contributed by atoms with Crippen molar-refractivity contribution >= 4 is 11.9 Å². The Bertz CT molecular complexity index is 895. The SMILES string of the molecule is O=C(O)CCC(Cc1ccccc1)NC(=O)Cc1ccc(-n2cnnn2)cc1. The highest BCUT2D eigenvalue weighted by atomic mass is 16.4. The van der Waals surface area contributed by atoms with E-state index in [1.165, 1.54) is 11.0 Å². The molecule has 28 heavy (non-hydrogen) atoms. The Morgan fingerprint density at radius 2 is 1.79 bits per heavy atom. The van der Waals surface area contributed by atoms with E-state index in [0.717, 1.165) is 16.8 Å². The van der Waals surface area contributed by atoms with Crippen LogP contribution in [-0.4, -0.2) is 43.2 Å². The van der Waals surface area contributed by atoms with Crippen molar-refractivity contribution in [3.05, 3.63) is 72.1 Å². The van der Waals surface area contributed by atoms with Crippen molar-refractivity contribution in [3.63, 3.8) is 0 Å². The lowest BCUT2D eigenvalue weighted by molar-refractivity contribution is -0.137. The smallest absolute Gasteiger partial charge is 0.303 e. The van der Waals surface area contributed by atoms with Crippen LogP contribution in [0.5, 0.6) is 0 Å². The van der Waals surface area contributed by atoms with Gasteiger partial charge in [0.25, 0.3) is 0 Å². The molecule has 2 N–H and O–H groups in total. The Labute approximate surface area is 162 Å². The van der Waals surface area contributed by atoms with Crippen LogP contribution in [0.15, 0.2) is 60.9 Å². The van der Waals surface area contributed by atoms with Gasteiger partial charge in [-0.1, -0.05) is 42.5 Å². The van der Waals surface area contributed by atoms with Crippen LogP contribution in [0.25, 0.3) is 5.69 Å². The first-order chi connectivity index (χ1) is 13.6. The van der Waals surface area contributed by atoms with Crippen molar-refractivity contribution < 1.29 is 14.7 Å². The highest BCUT2D eigenvalue weighted by Gasteiger charge is 2.15. The molecule has 0 aliphatic carbocycles. The molecule has 0 aliphatic rings. The van der Waals surface area contributed by atoms with Gasteiger partial charge < -0.3 is 10.4 Å². The predicted octanol–water partition coefficient (Wildman–Crippen LogP) is 1.80. The number of rotatable bonds is 9. The van der Waals surface area contributed by atoms with Crippen molar-refractivity contribution in [2.75, 3.05) is 0 Å². The van der Waals surface area contributed by atoms with Crippen LogP contribution in [-0.2, 0) is 22.4 Å². The summed E-state index contributed by atoms with van der Waals surface area (Å²) < 4.78 is 1.53. The van der Waals surface area contributed by atoms with Gasteiger partial charge in [0.2, 0.25) is 5.91 Å².